The maximum absolute atomic E-state index is 14.1. The fourth-order valence-corrected chi connectivity index (χ4v) is 5.41. The number of hydrogen-bond acceptors (Lipinski definition) is 5. The van der Waals surface area contributed by atoms with E-state index in [4.69, 9.17) is 19.6 Å². The lowest BCUT2D eigenvalue weighted by atomic mass is 9.84. The SMILES string of the molecule is C=CC[C@@]1(C(=O)NC2Cc3ccccc3C2)N=C(c2ccc(OCCCO)cc2)O[C@@H]1c1ccc(Br)cc1. The number of rotatable bonds is 10. The number of carbonyl (C=O) groups excluding carboxylic acids is 1. The van der Waals surface area contributed by atoms with Gasteiger partial charge in [0, 0.05) is 35.5 Å². The van der Waals surface area contributed by atoms with Gasteiger partial charge in [-0.15, -0.1) is 6.58 Å². The molecular weight excluding hydrogens is 544 g/mol. The first-order valence-corrected chi connectivity index (χ1v) is 13.7. The second-order valence-corrected chi connectivity index (χ2v) is 10.6. The van der Waals surface area contributed by atoms with Gasteiger partial charge in [-0.25, -0.2) is 4.99 Å². The predicted octanol–water partition coefficient (Wildman–Crippen LogP) is 5.33. The average Bonchev–Trinajstić information content (AvgIpc) is 3.52. The van der Waals surface area contributed by atoms with Crippen LogP contribution >= 0.6 is 15.9 Å². The van der Waals surface area contributed by atoms with Crippen molar-refractivity contribution in [3.05, 3.63) is 112 Å². The van der Waals surface area contributed by atoms with E-state index < -0.39 is 11.6 Å². The highest BCUT2D eigenvalue weighted by molar-refractivity contribution is 9.10. The number of nitrogens with zero attached hydrogens (tertiary/aromatic N) is 1. The van der Waals surface area contributed by atoms with Crippen LogP contribution in [0.5, 0.6) is 5.75 Å². The summed E-state index contributed by atoms with van der Waals surface area (Å²) in [6, 6.07) is 23.6. The fraction of sp³-hybridized carbons (Fsp3) is 0.290. The van der Waals surface area contributed by atoms with Crippen LogP contribution in [0.4, 0.5) is 0 Å². The molecule has 1 heterocycles. The number of halogens is 1. The van der Waals surface area contributed by atoms with Crippen LogP contribution in [-0.2, 0) is 22.4 Å². The Morgan fingerprint density at radius 1 is 1.11 bits per heavy atom. The molecule has 196 valence electrons. The molecule has 2 aliphatic rings. The van der Waals surface area contributed by atoms with E-state index in [0.717, 1.165) is 28.4 Å². The van der Waals surface area contributed by atoms with Gasteiger partial charge in [-0.2, -0.15) is 0 Å². The molecule has 5 rings (SSSR count). The van der Waals surface area contributed by atoms with Crippen LogP contribution in [0.15, 0.2) is 94.9 Å². The number of ether oxygens (including phenoxy) is 2. The first kappa shape index (κ1) is 26.2. The minimum Gasteiger partial charge on any atom is -0.494 e. The van der Waals surface area contributed by atoms with Crippen molar-refractivity contribution in [3.8, 4) is 5.75 Å². The maximum atomic E-state index is 14.1. The highest BCUT2D eigenvalue weighted by Gasteiger charge is 2.53. The summed E-state index contributed by atoms with van der Waals surface area (Å²) < 4.78 is 13.1. The van der Waals surface area contributed by atoms with Gasteiger partial charge in [0.25, 0.3) is 5.91 Å². The summed E-state index contributed by atoms with van der Waals surface area (Å²) >= 11 is 3.50. The Morgan fingerprint density at radius 3 is 2.42 bits per heavy atom. The van der Waals surface area contributed by atoms with Crippen molar-refractivity contribution < 1.29 is 19.4 Å². The van der Waals surface area contributed by atoms with Gasteiger partial charge in [0.15, 0.2) is 11.6 Å². The minimum absolute atomic E-state index is 0.00163. The lowest BCUT2D eigenvalue weighted by molar-refractivity contribution is -0.129. The van der Waals surface area contributed by atoms with Crippen LogP contribution in [0.2, 0.25) is 0 Å². The third-order valence-corrected chi connectivity index (χ3v) is 7.57. The van der Waals surface area contributed by atoms with Gasteiger partial charge in [-0.1, -0.05) is 58.4 Å². The van der Waals surface area contributed by atoms with E-state index in [2.05, 4.69) is 40.0 Å². The third-order valence-electron chi connectivity index (χ3n) is 7.04. The number of aliphatic hydroxyl groups is 1. The number of nitrogens with one attached hydrogen (secondary N) is 1. The Bertz CT molecular complexity index is 1300. The van der Waals surface area contributed by atoms with Crippen molar-refractivity contribution in [1.29, 1.82) is 0 Å². The molecule has 6 nitrogen and oxygen atoms in total. The molecule has 0 saturated carbocycles. The average molecular weight is 576 g/mol. The normalized spacial score (nSPS) is 20.4. The molecule has 0 fully saturated rings. The quantitative estimate of drug-likeness (QED) is 0.253. The highest BCUT2D eigenvalue weighted by atomic mass is 79.9. The largest absolute Gasteiger partial charge is 0.494 e. The molecule has 7 heteroatoms. The molecule has 0 radical (unpaired) electrons. The number of aliphatic imine (C=N–C) groups is 1. The van der Waals surface area contributed by atoms with Crippen molar-refractivity contribution >= 4 is 27.7 Å². The lowest BCUT2D eigenvalue weighted by Gasteiger charge is -2.31. The molecule has 0 spiro atoms. The molecule has 2 N–H and O–H groups in total. The Balaban J connectivity index is 1.45. The van der Waals surface area contributed by atoms with Crippen molar-refractivity contribution in [3.63, 3.8) is 0 Å². The van der Waals surface area contributed by atoms with Crippen LogP contribution in [0.1, 0.15) is 41.2 Å². The molecule has 1 amide bonds. The molecule has 1 aliphatic carbocycles. The third kappa shape index (κ3) is 5.40. The predicted molar refractivity (Wildman–Crippen MR) is 151 cm³/mol. The Hall–Kier alpha value is -3.42. The van der Waals surface area contributed by atoms with Gasteiger partial charge in [-0.3, -0.25) is 4.79 Å². The number of aliphatic hydroxyl groups excluding tert-OH is 1. The van der Waals surface area contributed by atoms with Gasteiger partial charge in [0.1, 0.15) is 5.75 Å². The van der Waals surface area contributed by atoms with Gasteiger partial charge in [0.05, 0.1) is 6.61 Å². The van der Waals surface area contributed by atoms with Crippen LogP contribution in [-0.4, -0.2) is 41.7 Å². The summed E-state index contributed by atoms with van der Waals surface area (Å²) in [6.45, 7) is 4.48. The van der Waals surface area contributed by atoms with Gasteiger partial charge < -0.3 is 19.9 Å². The van der Waals surface area contributed by atoms with Crippen molar-refractivity contribution in [2.24, 2.45) is 4.99 Å². The number of amides is 1. The van der Waals surface area contributed by atoms with Crippen molar-refractivity contribution in [1.82, 2.24) is 5.32 Å². The first-order chi connectivity index (χ1) is 18.5. The van der Waals surface area contributed by atoms with E-state index in [0.29, 0.717) is 31.1 Å². The maximum Gasteiger partial charge on any atom is 0.252 e. The Kier molecular flexibility index (Phi) is 7.95. The standard InChI is InChI=1S/C31H31BrN2O4/c1-2-16-31(30(36)33-26-19-23-6-3-4-7-24(23)20-26)28(21-8-12-25(32)13-9-21)38-29(34-31)22-10-14-27(15-11-22)37-18-5-17-35/h2-4,6-15,26,28,35H,1,5,16-20H2,(H,33,36)/t28-,31-/m1/s1. The van der Waals surface area contributed by atoms with Crippen LogP contribution in [0.3, 0.4) is 0 Å². The summed E-state index contributed by atoms with van der Waals surface area (Å²) in [4.78, 5) is 19.1. The number of fused-ring (bicyclic) bond motifs is 1. The van der Waals surface area contributed by atoms with E-state index in [-0.39, 0.29) is 18.6 Å². The second-order valence-electron chi connectivity index (χ2n) is 9.68. The zero-order chi connectivity index (χ0) is 26.5. The molecule has 0 unspecified atom stereocenters. The first-order valence-electron chi connectivity index (χ1n) is 12.9. The molecule has 38 heavy (non-hydrogen) atoms. The number of carbonyl (C=O) groups is 1. The Morgan fingerprint density at radius 2 is 1.79 bits per heavy atom. The van der Waals surface area contributed by atoms with Crippen molar-refractivity contribution in [2.45, 2.75) is 43.4 Å². The topological polar surface area (TPSA) is 80.2 Å². The van der Waals surface area contributed by atoms with E-state index >= 15 is 0 Å². The monoisotopic (exact) mass is 574 g/mol. The van der Waals surface area contributed by atoms with E-state index in [1.165, 1.54) is 11.1 Å². The molecule has 1 aliphatic heterocycles. The Labute approximate surface area is 231 Å². The minimum atomic E-state index is -1.20. The molecule has 3 aromatic rings. The fourth-order valence-electron chi connectivity index (χ4n) is 5.14. The zero-order valence-electron chi connectivity index (χ0n) is 21.1. The van der Waals surface area contributed by atoms with E-state index in [1.807, 2.05) is 60.7 Å². The summed E-state index contributed by atoms with van der Waals surface area (Å²) in [5.41, 5.74) is 2.97. The lowest BCUT2D eigenvalue weighted by Crippen LogP contribution is -2.51. The zero-order valence-corrected chi connectivity index (χ0v) is 22.7. The second kappa shape index (κ2) is 11.5. The van der Waals surface area contributed by atoms with Crippen LogP contribution in [0, 0.1) is 0 Å². The summed E-state index contributed by atoms with van der Waals surface area (Å²) in [6.07, 6.45) is 3.60. The van der Waals surface area contributed by atoms with Crippen molar-refractivity contribution in [2.75, 3.05) is 13.2 Å². The molecule has 2 atom stereocenters. The smallest absolute Gasteiger partial charge is 0.252 e. The molecular formula is C31H31BrN2O4. The molecule has 0 saturated heterocycles. The van der Waals surface area contributed by atoms with Gasteiger partial charge in [-0.05, 0) is 65.9 Å². The molecule has 0 aromatic heterocycles. The number of benzene rings is 3. The van der Waals surface area contributed by atoms with Gasteiger partial charge >= 0.3 is 0 Å². The molecule has 3 aromatic carbocycles. The summed E-state index contributed by atoms with van der Waals surface area (Å²) in [7, 11) is 0. The molecule has 0 bridgehead atoms. The summed E-state index contributed by atoms with van der Waals surface area (Å²) in [5.74, 6) is 0.940. The van der Waals surface area contributed by atoms with E-state index in [1.54, 1.807) is 6.08 Å². The van der Waals surface area contributed by atoms with E-state index in [9.17, 15) is 4.79 Å². The highest BCUT2D eigenvalue weighted by Crippen LogP contribution is 2.43. The van der Waals surface area contributed by atoms with Gasteiger partial charge in [0.2, 0.25) is 5.90 Å². The van der Waals surface area contributed by atoms with Crippen LogP contribution < -0.4 is 10.1 Å². The number of hydrogen-bond donors (Lipinski definition) is 2. The van der Waals surface area contributed by atoms with Crippen LogP contribution in [0.25, 0.3) is 0 Å². The summed E-state index contributed by atoms with van der Waals surface area (Å²) in [5, 5.41) is 12.3.